The first-order valence-electron chi connectivity index (χ1n) is 10.3. The number of halogens is 1. The summed E-state index contributed by atoms with van der Waals surface area (Å²) in [6.45, 7) is 10.8. The zero-order valence-electron chi connectivity index (χ0n) is 18.4. The Kier molecular flexibility index (Phi) is 5.40. The molecule has 0 aliphatic rings. The van der Waals surface area contributed by atoms with Gasteiger partial charge in [0.1, 0.15) is 17.1 Å². The lowest BCUT2D eigenvalue weighted by Gasteiger charge is -2.24. The molecule has 2 heterocycles. The highest BCUT2D eigenvalue weighted by Crippen LogP contribution is 2.38. The summed E-state index contributed by atoms with van der Waals surface area (Å²) in [5.41, 5.74) is 3.26. The fourth-order valence-corrected chi connectivity index (χ4v) is 4.17. The quantitative estimate of drug-likeness (QED) is 0.387. The predicted molar refractivity (Wildman–Crippen MR) is 128 cm³/mol. The molecular formula is C25H26ClN3O2. The Labute approximate surface area is 186 Å². The molecule has 0 spiro atoms. The van der Waals surface area contributed by atoms with E-state index < -0.39 is 0 Å². The molecule has 0 aliphatic carbocycles. The minimum atomic E-state index is -0.290. The van der Waals surface area contributed by atoms with E-state index in [9.17, 15) is 4.79 Å². The third-order valence-electron chi connectivity index (χ3n) is 5.29. The van der Waals surface area contributed by atoms with Crippen molar-refractivity contribution in [2.75, 3.05) is 0 Å². The van der Waals surface area contributed by atoms with Gasteiger partial charge in [0.05, 0.1) is 11.9 Å². The van der Waals surface area contributed by atoms with Crippen molar-refractivity contribution >= 4 is 33.3 Å². The van der Waals surface area contributed by atoms with Gasteiger partial charge in [0, 0.05) is 32.6 Å². The van der Waals surface area contributed by atoms with Crippen molar-refractivity contribution in [1.29, 1.82) is 0 Å². The first-order chi connectivity index (χ1) is 14.7. The van der Waals surface area contributed by atoms with Crippen LogP contribution in [0.3, 0.4) is 0 Å². The van der Waals surface area contributed by atoms with Crippen LogP contribution in [0.15, 0.2) is 59.1 Å². The molecule has 2 aromatic carbocycles. The maximum absolute atomic E-state index is 12.3. The zero-order valence-corrected chi connectivity index (χ0v) is 19.2. The number of H-pyrrole nitrogens is 1. The number of benzene rings is 2. The van der Waals surface area contributed by atoms with Gasteiger partial charge in [-0.15, -0.1) is 0 Å². The molecule has 1 N–H and O–H groups in total. The number of ether oxygens (including phenoxy) is 1. The monoisotopic (exact) mass is 435 g/mol. The van der Waals surface area contributed by atoms with Gasteiger partial charge in [-0.2, -0.15) is 5.10 Å². The number of hydrogen-bond acceptors (Lipinski definition) is 3. The average Bonchev–Trinajstić information content (AvgIpc) is 2.98. The van der Waals surface area contributed by atoms with Gasteiger partial charge in [0.2, 0.25) is 0 Å². The second-order valence-corrected chi connectivity index (χ2v) is 9.06. The Morgan fingerprint density at radius 1 is 1.16 bits per heavy atom. The van der Waals surface area contributed by atoms with E-state index in [1.54, 1.807) is 0 Å². The van der Waals surface area contributed by atoms with Crippen LogP contribution in [0.1, 0.15) is 33.4 Å². The Hall–Kier alpha value is -3.05. The first kappa shape index (κ1) is 21.2. The highest BCUT2D eigenvalue weighted by Gasteiger charge is 2.22. The van der Waals surface area contributed by atoms with Crippen molar-refractivity contribution in [1.82, 2.24) is 14.8 Å². The van der Waals surface area contributed by atoms with Gasteiger partial charge in [-0.25, -0.2) is 5.10 Å². The van der Waals surface area contributed by atoms with E-state index in [1.807, 2.05) is 76.2 Å². The van der Waals surface area contributed by atoms with E-state index in [1.165, 1.54) is 0 Å². The molecule has 2 aromatic heterocycles. The fourth-order valence-electron chi connectivity index (χ4n) is 3.99. The Morgan fingerprint density at radius 3 is 2.55 bits per heavy atom. The molecule has 5 nitrogen and oxygen atoms in total. The van der Waals surface area contributed by atoms with Crippen molar-refractivity contribution in [2.24, 2.45) is 0 Å². The highest BCUT2D eigenvalue weighted by molar-refractivity contribution is 6.31. The second-order valence-electron chi connectivity index (χ2n) is 8.62. The van der Waals surface area contributed by atoms with E-state index in [0.29, 0.717) is 17.0 Å². The largest absolute Gasteiger partial charge is 0.491 e. The van der Waals surface area contributed by atoms with Crippen LogP contribution in [0.4, 0.5) is 0 Å². The maximum atomic E-state index is 12.3. The molecule has 0 saturated carbocycles. The normalized spacial score (nSPS) is 12.6. The van der Waals surface area contributed by atoms with Crippen LogP contribution in [-0.2, 0) is 11.3 Å². The van der Waals surface area contributed by atoms with Crippen LogP contribution in [0.2, 0.25) is 5.02 Å². The molecule has 6 heteroatoms. The van der Waals surface area contributed by atoms with Gasteiger partial charge in [0.15, 0.2) is 0 Å². The molecule has 0 amide bonds. The third-order valence-corrected chi connectivity index (χ3v) is 5.53. The molecule has 0 saturated heterocycles. The molecule has 4 rings (SSSR count). The Morgan fingerprint density at radius 2 is 1.87 bits per heavy atom. The van der Waals surface area contributed by atoms with Crippen molar-refractivity contribution in [3.05, 3.63) is 75.4 Å². The number of aromatic nitrogens is 3. The molecule has 0 bridgehead atoms. The van der Waals surface area contributed by atoms with Gasteiger partial charge in [-0.3, -0.25) is 4.79 Å². The van der Waals surface area contributed by atoms with Gasteiger partial charge < -0.3 is 9.30 Å². The summed E-state index contributed by atoms with van der Waals surface area (Å²) < 4.78 is 8.38. The third kappa shape index (κ3) is 3.98. The molecule has 31 heavy (non-hydrogen) atoms. The summed E-state index contributed by atoms with van der Waals surface area (Å²) in [6, 6.07) is 13.4. The fraction of sp³-hybridized carbons (Fsp3) is 0.280. The maximum Gasteiger partial charge on any atom is 0.272 e. The standard InChI is InChI=1S/C25H26ClN3O2/c1-6-17(31-25(3,4)5)14-29-15(2)22(20-13-16(26)11-12-21(20)29)23-18-9-7-8-10-19(18)24(30)28-27-23/h6-13H,14H2,1-5H3,(H,28,30). The van der Waals surface area contributed by atoms with Crippen molar-refractivity contribution in [3.63, 3.8) is 0 Å². The SMILES string of the molecule is CC=C(Cn1c(C)c(-c2n[nH]c(=O)c3ccccc23)c2cc(Cl)ccc21)OC(C)(C)C. The summed E-state index contributed by atoms with van der Waals surface area (Å²) >= 11 is 6.38. The van der Waals surface area contributed by atoms with Crippen LogP contribution in [0.5, 0.6) is 0 Å². The van der Waals surface area contributed by atoms with Gasteiger partial charge in [0.25, 0.3) is 5.56 Å². The number of aromatic amines is 1. The molecule has 4 aromatic rings. The number of hydrogen-bond donors (Lipinski definition) is 1. The number of rotatable bonds is 4. The van der Waals surface area contributed by atoms with Crippen LogP contribution in [0.25, 0.3) is 32.9 Å². The van der Waals surface area contributed by atoms with E-state index in [4.69, 9.17) is 16.3 Å². The van der Waals surface area contributed by atoms with Gasteiger partial charge >= 0.3 is 0 Å². The van der Waals surface area contributed by atoms with Crippen LogP contribution in [-0.4, -0.2) is 20.4 Å². The van der Waals surface area contributed by atoms with Crippen molar-refractivity contribution < 1.29 is 4.74 Å². The van der Waals surface area contributed by atoms with E-state index in [2.05, 4.69) is 21.7 Å². The lowest BCUT2D eigenvalue weighted by molar-refractivity contribution is 0.0446. The zero-order chi connectivity index (χ0) is 22.3. The molecule has 0 unspecified atom stereocenters. The molecule has 0 fully saturated rings. The van der Waals surface area contributed by atoms with Crippen molar-refractivity contribution in [2.45, 2.75) is 46.8 Å². The molecule has 160 valence electrons. The second kappa shape index (κ2) is 7.89. The highest BCUT2D eigenvalue weighted by atomic mass is 35.5. The van der Waals surface area contributed by atoms with Gasteiger partial charge in [-0.05, 0) is 65.0 Å². The Bertz CT molecular complexity index is 1370. The summed E-state index contributed by atoms with van der Waals surface area (Å²) in [5, 5.41) is 10.2. The number of nitrogens with one attached hydrogen (secondary N) is 1. The molecule has 0 aliphatic heterocycles. The lowest BCUT2D eigenvalue weighted by atomic mass is 10.0. The topological polar surface area (TPSA) is 59.9 Å². The minimum Gasteiger partial charge on any atom is -0.491 e. The van der Waals surface area contributed by atoms with Crippen LogP contribution in [0, 0.1) is 6.92 Å². The molecule has 0 atom stereocenters. The minimum absolute atomic E-state index is 0.200. The van der Waals surface area contributed by atoms with E-state index in [-0.39, 0.29) is 11.2 Å². The van der Waals surface area contributed by atoms with Crippen LogP contribution < -0.4 is 5.56 Å². The number of allylic oxidation sites excluding steroid dienone is 2. The lowest BCUT2D eigenvalue weighted by Crippen LogP contribution is -2.21. The van der Waals surface area contributed by atoms with Crippen LogP contribution >= 0.6 is 11.6 Å². The summed E-state index contributed by atoms with van der Waals surface area (Å²) in [6.07, 6.45) is 2.00. The summed E-state index contributed by atoms with van der Waals surface area (Å²) in [7, 11) is 0. The average molecular weight is 436 g/mol. The summed E-state index contributed by atoms with van der Waals surface area (Å²) in [4.78, 5) is 12.3. The van der Waals surface area contributed by atoms with Crippen molar-refractivity contribution in [3.8, 4) is 11.3 Å². The number of fused-ring (bicyclic) bond motifs is 2. The smallest absolute Gasteiger partial charge is 0.272 e. The Balaban J connectivity index is 1.99. The number of nitrogens with zero attached hydrogens (tertiary/aromatic N) is 2. The van der Waals surface area contributed by atoms with Gasteiger partial charge in [-0.1, -0.05) is 29.8 Å². The predicted octanol–water partition coefficient (Wildman–Crippen LogP) is 6.23. The first-order valence-corrected chi connectivity index (χ1v) is 10.7. The van der Waals surface area contributed by atoms with E-state index >= 15 is 0 Å². The van der Waals surface area contributed by atoms with E-state index in [0.717, 1.165) is 39.0 Å². The summed E-state index contributed by atoms with van der Waals surface area (Å²) in [5.74, 6) is 0.883. The molecular weight excluding hydrogens is 410 g/mol. The molecule has 0 radical (unpaired) electrons.